The summed E-state index contributed by atoms with van der Waals surface area (Å²) in [4.78, 5) is 12.6. The zero-order valence-electron chi connectivity index (χ0n) is 11.2. The van der Waals surface area contributed by atoms with Crippen LogP contribution in [0.5, 0.6) is 0 Å². The number of hydrogen-bond acceptors (Lipinski definition) is 4. The Morgan fingerprint density at radius 3 is 2.58 bits per heavy atom. The number of amides is 1. The molecule has 106 valence electrons. The molecular weight excluding hydrogens is 284 g/mol. The predicted octanol–water partition coefficient (Wildman–Crippen LogP) is 0.905. The normalized spacial score (nSPS) is 11.6. The van der Waals surface area contributed by atoms with Crippen LogP contribution in [-0.2, 0) is 10.0 Å². The number of benzene rings is 1. The first-order valence-electron chi connectivity index (χ1n) is 5.72. The van der Waals surface area contributed by atoms with Gasteiger partial charge in [-0.15, -0.1) is 12.6 Å². The minimum Gasteiger partial charge on any atom is -0.351 e. The Morgan fingerprint density at radius 2 is 2.00 bits per heavy atom. The fraction of sp³-hybridized carbons (Fsp3) is 0.417. The highest BCUT2D eigenvalue weighted by Crippen LogP contribution is 2.13. The van der Waals surface area contributed by atoms with Crippen LogP contribution in [0.25, 0.3) is 0 Å². The molecule has 0 heterocycles. The van der Waals surface area contributed by atoms with Gasteiger partial charge in [0.25, 0.3) is 5.91 Å². The van der Waals surface area contributed by atoms with E-state index in [1.807, 2.05) is 6.92 Å². The summed E-state index contributed by atoms with van der Waals surface area (Å²) < 4.78 is 24.2. The van der Waals surface area contributed by atoms with Gasteiger partial charge in [0.1, 0.15) is 0 Å². The number of nitrogens with one attached hydrogen (secondary N) is 1. The van der Waals surface area contributed by atoms with Gasteiger partial charge >= 0.3 is 0 Å². The van der Waals surface area contributed by atoms with E-state index in [1.54, 1.807) is 18.2 Å². The van der Waals surface area contributed by atoms with Crippen LogP contribution in [0, 0.1) is 6.92 Å². The smallest absolute Gasteiger partial charge is 0.251 e. The first kappa shape index (κ1) is 16.0. The maximum Gasteiger partial charge on any atom is 0.251 e. The minimum absolute atomic E-state index is 0.0790. The molecule has 0 spiro atoms. The molecule has 0 radical (unpaired) electrons. The molecule has 0 saturated carbocycles. The standard InChI is InChI=1S/C12H18N2O3S2/c1-9-4-5-10(18)8-11(9)12(15)13-6-7-19(16,17)14(2)3/h4-5,8,18H,6-7H2,1-3H3,(H,13,15). The Kier molecular flexibility index (Phi) is 5.39. The van der Waals surface area contributed by atoms with Gasteiger partial charge in [-0.1, -0.05) is 6.07 Å². The van der Waals surface area contributed by atoms with Crippen molar-refractivity contribution in [1.82, 2.24) is 9.62 Å². The fourth-order valence-corrected chi connectivity index (χ4v) is 2.35. The van der Waals surface area contributed by atoms with E-state index in [0.29, 0.717) is 10.5 Å². The van der Waals surface area contributed by atoms with Crippen LogP contribution in [0.4, 0.5) is 0 Å². The van der Waals surface area contributed by atoms with E-state index in [4.69, 9.17) is 0 Å². The molecule has 0 aromatic heterocycles. The molecule has 1 rings (SSSR count). The number of rotatable bonds is 5. The van der Waals surface area contributed by atoms with Gasteiger partial charge in [-0.2, -0.15) is 0 Å². The van der Waals surface area contributed by atoms with E-state index >= 15 is 0 Å². The van der Waals surface area contributed by atoms with Crippen LogP contribution < -0.4 is 5.32 Å². The van der Waals surface area contributed by atoms with Crippen molar-refractivity contribution >= 4 is 28.6 Å². The third kappa shape index (κ3) is 4.52. The Morgan fingerprint density at radius 1 is 1.37 bits per heavy atom. The van der Waals surface area contributed by atoms with E-state index in [9.17, 15) is 13.2 Å². The number of carbonyl (C=O) groups excluding carboxylic acids is 1. The van der Waals surface area contributed by atoms with Crippen molar-refractivity contribution in [1.29, 1.82) is 0 Å². The van der Waals surface area contributed by atoms with Gasteiger partial charge in [0.2, 0.25) is 10.0 Å². The van der Waals surface area contributed by atoms with Gasteiger partial charge in [-0.25, -0.2) is 12.7 Å². The fourth-order valence-electron chi connectivity index (χ4n) is 1.43. The number of aryl methyl sites for hydroxylation is 1. The molecule has 0 atom stereocenters. The summed E-state index contributed by atoms with van der Waals surface area (Å²) in [6.07, 6.45) is 0. The SMILES string of the molecule is Cc1ccc(S)cc1C(=O)NCCS(=O)(=O)N(C)C. The Bertz CT molecular complexity index is 568. The highest BCUT2D eigenvalue weighted by atomic mass is 32.2. The molecule has 1 N–H and O–H groups in total. The zero-order valence-corrected chi connectivity index (χ0v) is 12.9. The van der Waals surface area contributed by atoms with Gasteiger partial charge in [-0.05, 0) is 24.6 Å². The molecule has 0 aliphatic carbocycles. The molecule has 7 heteroatoms. The number of thiol groups is 1. The highest BCUT2D eigenvalue weighted by molar-refractivity contribution is 7.89. The Hall–Kier alpha value is -1.05. The quantitative estimate of drug-likeness (QED) is 0.794. The second-order valence-corrected chi connectivity index (χ2v) is 7.17. The van der Waals surface area contributed by atoms with E-state index in [-0.39, 0.29) is 18.2 Å². The highest BCUT2D eigenvalue weighted by Gasteiger charge is 2.15. The van der Waals surface area contributed by atoms with Crippen molar-refractivity contribution in [3.63, 3.8) is 0 Å². The van der Waals surface area contributed by atoms with E-state index in [0.717, 1.165) is 9.87 Å². The van der Waals surface area contributed by atoms with E-state index < -0.39 is 10.0 Å². The lowest BCUT2D eigenvalue weighted by Crippen LogP contribution is -2.34. The third-order valence-electron chi connectivity index (χ3n) is 2.67. The summed E-state index contributed by atoms with van der Waals surface area (Å²) in [7, 11) is -0.363. The molecule has 0 fully saturated rings. The summed E-state index contributed by atoms with van der Waals surface area (Å²) in [6, 6.07) is 5.26. The molecule has 0 aliphatic heterocycles. The second kappa shape index (κ2) is 6.40. The van der Waals surface area contributed by atoms with Crippen molar-refractivity contribution in [2.75, 3.05) is 26.4 Å². The average Bonchev–Trinajstić information content (AvgIpc) is 2.31. The lowest BCUT2D eigenvalue weighted by Gasteiger charge is -2.12. The predicted molar refractivity (Wildman–Crippen MR) is 78.2 cm³/mol. The van der Waals surface area contributed by atoms with E-state index in [2.05, 4.69) is 17.9 Å². The first-order chi connectivity index (χ1) is 8.74. The molecule has 0 unspecified atom stereocenters. The van der Waals surface area contributed by atoms with Crippen LogP contribution in [0.2, 0.25) is 0 Å². The number of sulfonamides is 1. The summed E-state index contributed by atoms with van der Waals surface area (Å²) in [5.74, 6) is -0.409. The molecule has 1 amide bonds. The van der Waals surface area contributed by atoms with Crippen molar-refractivity contribution in [2.24, 2.45) is 0 Å². The van der Waals surface area contributed by atoms with Crippen molar-refractivity contribution in [2.45, 2.75) is 11.8 Å². The van der Waals surface area contributed by atoms with Crippen molar-refractivity contribution in [3.8, 4) is 0 Å². The number of nitrogens with zero attached hydrogens (tertiary/aromatic N) is 1. The van der Waals surface area contributed by atoms with Gasteiger partial charge in [0.05, 0.1) is 5.75 Å². The second-order valence-electron chi connectivity index (χ2n) is 4.35. The van der Waals surface area contributed by atoms with Crippen molar-refractivity contribution < 1.29 is 13.2 Å². The molecule has 0 bridgehead atoms. The van der Waals surface area contributed by atoms with Crippen LogP contribution >= 0.6 is 12.6 Å². The van der Waals surface area contributed by atoms with Gasteiger partial charge in [0.15, 0.2) is 0 Å². The summed E-state index contributed by atoms with van der Waals surface area (Å²) >= 11 is 4.18. The van der Waals surface area contributed by atoms with Crippen molar-refractivity contribution in [3.05, 3.63) is 29.3 Å². The zero-order chi connectivity index (χ0) is 14.6. The maximum absolute atomic E-state index is 11.9. The summed E-state index contributed by atoms with van der Waals surface area (Å²) in [5.41, 5.74) is 1.33. The topological polar surface area (TPSA) is 66.5 Å². The monoisotopic (exact) mass is 302 g/mol. The maximum atomic E-state index is 11.9. The van der Waals surface area contributed by atoms with Gasteiger partial charge < -0.3 is 5.32 Å². The number of hydrogen-bond donors (Lipinski definition) is 2. The average molecular weight is 302 g/mol. The number of carbonyl (C=O) groups is 1. The molecule has 1 aromatic carbocycles. The van der Waals surface area contributed by atoms with Crippen LogP contribution in [-0.4, -0.2) is 45.0 Å². The first-order valence-corrected chi connectivity index (χ1v) is 7.77. The Balaban J connectivity index is 2.64. The molecular formula is C12H18N2O3S2. The molecule has 0 aliphatic rings. The lowest BCUT2D eigenvalue weighted by molar-refractivity contribution is 0.0955. The minimum atomic E-state index is -3.29. The van der Waals surface area contributed by atoms with Gasteiger partial charge in [0, 0.05) is 31.1 Å². The molecule has 1 aromatic rings. The van der Waals surface area contributed by atoms with Gasteiger partial charge in [-0.3, -0.25) is 4.79 Å². The summed E-state index contributed by atoms with van der Waals surface area (Å²) in [5, 5.41) is 2.60. The molecule has 19 heavy (non-hydrogen) atoms. The third-order valence-corrected chi connectivity index (χ3v) is 4.78. The van der Waals surface area contributed by atoms with E-state index in [1.165, 1.54) is 14.1 Å². The lowest BCUT2D eigenvalue weighted by atomic mass is 10.1. The largest absolute Gasteiger partial charge is 0.351 e. The molecule has 0 saturated heterocycles. The molecule has 5 nitrogen and oxygen atoms in total. The van der Waals surface area contributed by atoms with Crippen LogP contribution in [0.1, 0.15) is 15.9 Å². The van der Waals surface area contributed by atoms with Crippen LogP contribution in [0.3, 0.4) is 0 Å². The van der Waals surface area contributed by atoms with Crippen LogP contribution in [0.15, 0.2) is 23.1 Å². The Labute approximate surface area is 119 Å². The summed E-state index contributed by atoms with van der Waals surface area (Å²) in [6.45, 7) is 1.90.